The van der Waals surface area contributed by atoms with Crippen molar-refractivity contribution in [3.05, 3.63) is 43.0 Å². The second-order valence-corrected chi connectivity index (χ2v) is 4.83. The quantitative estimate of drug-likeness (QED) is 0.547. The third-order valence-electron chi connectivity index (χ3n) is 2.73. The maximum Gasteiger partial charge on any atom is 0.285 e. The SMILES string of the molecule is Cc1nc2c(=O)[nH]c3cc([N+](=O)[O-])c(Br)cc3c2o1. The van der Waals surface area contributed by atoms with Crippen LogP contribution in [0.1, 0.15) is 5.89 Å². The molecule has 0 radical (unpaired) electrons. The summed E-state index contributed by atoms with van der Waals surface area (Å²) in [6, 6.07) is 2.83. The molecule has 0 atom stereocenters. The Morgan fingerprint density at radius 1 is 1.47 bits per heavy atom. The minimum Gasteiger partial charge on any atom is -0.440 e. The molecule has 0 aliphatic heterocycles. The molecule has 7 nitrogen and oxygen atoms in total. The van der Waals surface area contributed by atoms with E-state index < -0.39 is 10.5 Å². The molecule has 2 aromatic heterocycles. The lowest BCUT2D eigenvalue weighted by Gasteiger charge is -2.00. The van der Waals surface area contributed by atoms with Crippen molar-refractivity contribution in [2.75, 3.05) is 0 Å². The second-order valence-electron chi connectivity index (χ2n) is 3.97. The molecular formula is C11H6BrN3O4. The number of aromatic amines is 1. The van der Waals surface area contributed by atoms with Gasteiger partial charge >= 0.3 is 0 Å². The van der Waals surface area contributed by atoms with Gasteiger partial charge in [-0.1, -0.05) is 0 Å². The van der Waals surface area contributed by atoms with Crippen LogP contribution in [0.4, 0.5) is 5.69 Å². The van der Waals surface area contributed by atoms with E-state index in [2.05, 4.69) is 25.9 Å². The van der Waals surface area contributed by atoms with Crippen LogP contribution < -0.4 is 5.56 Å². The standard InChI is InChI=1S/C11H6BrN3O4/c1-4-13-9-10(19-4)5-2-6(12)8(15(17)18)3-7(5)14-11(9)16/h2-3H,1H3,(H,14,16). The van der Waals surface area contributed by atoms with E-state index in [0.29, 0.717) is 26.8 Å². The van der Waals surface area contributed by atoms with Crippen LogP contribution >= 0.6 is 15.9 Å². The molecule has 0 saturated heterocycles. The van der Waals surface area contributed by atoms with Gasteiger partial charge in [-0.3, -0.25) is 14.9 Å². The molecule has 0 aliphatic rings. The Labute approximate surface area is 113 Å². The fourth-order valence-corrected chi connectivity index (χ4v) is 2.43. The van der Waals surface area contributed by atoms with Crippen molar-refractivity contribution in [3.8, 4) is 0 Å². The molecule has 1 N–H and O–H groups in total. The van der Waals surface area contributed by atoms with Crippen molar-refractivity contribution < 1.29 is 9.34 Å². The molecule has 96 valence electrons. The fourth-order valence-electron chi connectivity index (χ4n) is 1.94. The zero-order valence-corrected chi connectivity index (χ0v) is 11.1. The van der Waals surface area contributed by atoms with Gasteiger partial charge in [0.15, 0.2) is 17.0 Å². The van der Waals surface area contributed by atoms with Gasteiger partial charge in [0.1, 0.15) is 0 Å². The van der Waals surface area contributed by atoms with Crippen LogP contribution in [0.15, 0.2) is 25.8 Å². The molecule has 2 heterocycles. The molecular weight excluding hydrogens is 318 g/mol. The molecule has 1 aromatic carbocycles. The van der Waals surface area contributed by atoms with Crippen molar-refractivity contribution in [2.24, 2.45) is 0 Å². The maximum absolute atomic E-state index is 11.8. The first-order valence-electron chi connectivity index (χ1n) is 5.24. The Hall–Kier alpha value is -2.22. The van der Waals surface area contributed by atoms with Gasteiger partial charge in [-0.25, -0.2) is 4.98 Å². The van der Waals surface area contributed by atoms with Gasteiger partial charge in [0.05, 0.1) is 14.9 Å². The van der Waals surface area contributed by atoms with Crippen molar-refractivity contribution in [1.29, 1.82) is 0 Å². The normalized spacial score (nSPS) is 11.3. The molecule has 0 fully saturated rings. The van der Waals surface area contributed by atoms with E-state index in [-0.39, 0.29) is 11.2 Å². The number of nitro groups is 1. The highest BCUT2D eigenvalue weighted by Crippen LogP contribution is 2.32. The van der Waals surface area contributed by atoms with Gasteiger partial charge in [-0.15, -0.1) is 0 Å². The van der Waals surface area contributed by atoms with E-state index in [9.17, 15) is 14.9 Å². The summed E-state index contributed by atoms with van der Waals surface area (Å²) < 4.78 is 5.71. The molecule has 19 heavy (non-hydrogen) atoms. The van der Waals surface area contributed by atoms with Crippen molar-refractivity contribution in [2.45, 2.75) is 6.92 Å². The highest BCUT2D eigenvalue weighted by molar-refractivity contribution is 9.10. The first-order chi connectivity index (χ1) is 8.97. The number of pyridine rings is 1. The second kappa shape index (κ2) is 3.89. The van der Waals surface area contributed by atoms with Gasteiger partial charge < -0.3 is 9.40 Å². The molecule has 0 saturated carbocycles. The number of H-pyrrole nitrogens is 1. The molecule has 0 aliphatic carbocycles. The number of nitrogens with one attached hydrogen (secondary N) is 1. The van der Waals surface area contributed by atoms with Crippen LogP contribution in [0.2, 0.25) is 0 Å². The highest BCUT2D eigenvalue weighted by atomic mass is 79.9. The minimum atomic E-state index is -0.530. The van der Waals surface area contributed by atoms with Crippen LogP contribution in [0.25, 0.3) is 22.0 Å². The summed E-state index contributed by atoms with van der Waals surface area (Å²) in [5.74, 6) is 0.363. The molecule has 8 heteroatoms. The molecule has 0 amide bonds. The third kappa shape index (κ3) is 1.72. The number of aromatic nitrogens is 2. The van der Waals surface area contributed by atoms with Gasteiger partial charge in [-0.05, 0) is 22.0 Å². The summed E-state index contributed by atoms with van der Waals surface area (Å²) in [6.45, 7) is 1.63. The van der Waals surface area contributed by atoms with E-state index in [1.807, 2.05) is 0 Å². The predicted octanol–water partition coefficient (Wildman–Crippen LogP) is 2.65. The lowest BCUT2D eigenvalue weighted by molar-refractivity contribution is -0.385. The number of hydrogen-bond acceptors (Lipinski definition) is 5. The Morgan fingerprint density at radius 3 is 2.89 bits per heavy atom. The highest BCUT2D eigenvalue weighted by Gasteiger charge is 2.18. The minimum absolute atomic E-state index is 0.126. The van der Waals surface area contributed by atoms with Gasteiger partial charge in [0.25, 0.3) is 11.2 Å². The van der Waals surface area contributed by atoms with E-state index in [0.717, 1.165) is 0 Å². The van der Waals surface area contributed by atoms with Gasteiger partial charge in [0, 0.05) is 18.4 Å². The smallest absolute Gasteiger partial charge is 0.285 e. The van der Waals surface area contributed by atoms with Crippen molar-refractivity contribution in [3.63, 3.8) is 0 Å². The fraction of sp³-hybridized carbons (Fsp3) is 0.0909. The van der Waals surface area contributed by atoms with E-state index >= 15 is 0 Å². The van der Waals surface area contributed by atoms with Crippen LogP contribution in [0.5, 0.6) is 0 Å². The number of nitro benzene ring substituents is 1. The number of benzene rings is 1. The number of halogens is 1. The third-order valence-corrected chi connectivity index (χ3v) is 3.36. The summed E-state index contributed by atoms with van der Waals surface area (Å²) >= 11 is 3.13. The lowest BCUT2D eigenvalue weighted by atomic mass is 10.2. The van der Waals surface area contributed by atoms with Crippen LogP contribution in [-0.4, -0.2) is 14.9 Å². The number of hydrogen-bond donors (Lipinski definition) is 1. The number of oxazole rings is 1. The lowest BCUT2D eigenvalue weighted by Crippen LogP contribution is -2.06. The van der Waals surface area contributed by atoms with E-state index in [1.54, 1.807) is 6.92 Å². The summed E-state index contributed by atoms with van der Waals surface area (Å²) in [6.07, 6.45) is 0. The Kier molecular flexibility index (Phi) is 2.42. The van der Waals surface area contributed by atoms with Gasteiger partial charge in [-0.2, -0.15) is 0 Å². The topological polar surface area (TPSA) is 102 Å². The monoisotopic (exact) mass is 323 g/mol. The maximum atomic E-state index is 11.8. The zero-order valence-electron chi connectivity index (χ0n) is 9.56. The molecule has 0 bridgehead atoms. The summed E-state index contributed by atoms with van der Waals surface area (Å²) in [7, 11) is 0. The largest absolute Gasteiger partial charge is 0.440 e. The first kappa shape index (κ1) is 11.8. The summed E-state index contributed by atoms with van der Waals surface area (Å²) in [5, 5.41) is 11.4. The summed E-state index contributed by atoms with van der Waals surface area (Å²) in [4.78, 5) is 28.7. The number of rotatable bonds is 1. The zero-order chi connectivity index (χ0) is 13.7. The van der Waals surface area contributed by atoms with Crippen molar-refractivity contribution >= 4 is 43.6 Å². The molecule has 0 unspecified atom stereocenters. The number of fused-ring (bicyclic) bond motifs is 3. The molecule has 3 rings (SSSR count). The van der Waals surface area contributed by atoms with Crippen LogP contribution in [0, 0.1) is 17.0 Å². The van der Waals surface area contributed by atoms with E-state index in [4.69, 9.17) is 4.42 Å². The average Bonchev–Trinajstić information content (AvgIpc) is 2.72. The Bertz CT molecular complexity index is 896. The number of nitrogens with zero attached hydrogens (tertiary/aromatic N) is 2. The van der Waals surface area contributed by atoms with Crippen LogP contribution in [0.3, 0.4) is 0 Å². The molecule has 0 spiro atoms. The first-order valence-corrected chi connectivity index (χ1v) is 6.04. The predicted molar refractivity (Wildman–Crippen MR) is 71.2 cm³/mol. The molecule has 3 aromatic rings. The Morgan fingerprint density at radius 2 is 2.21 bits per heavy atom. The van der Waals surface area contributed by atoms with Crippen LogP contribution in [-0.2, 0) is 0 Å². The Balaban J connectivity index is 2.53. The summed E-state index contributed by atoms with van der Waals surface area (Å²) in [5.41, 5.74) is 0.288. The van der Waals surface area contributed by atoms with Crippen molar-refractivity contribution in [1.82, 2.24) is 9.97 Å². The average molecular weight is 324 g/mol. The number of aryl methyl sites for hydroxylation is 1. The van der Waals surface area contributed by atoms with Gasteiger partial charge in [0.2, 0.25) is 0 Å². The van der Waals surface area contributed by atoms with E-state index in [1.165, 1.54) is 12.1 Å².